The van der Waals surface area contributed by atoms with E-state index in [1.807, 2.05) is 13.0 Å². The second kappa shape index (κ2) is 9.42. The molecule has 5 nitrogen and oxygen atoms in total. The van der Waals surface area contributed by atoms with E-state index in [-0.39, 0.29) is 17.7 Å². The fraction of sp³-hybridized carbons (Fsp3) is 0.579. The van der Waals surface area contributed by atoms with Crippen molar-refractivity contribution in [3.63, 3.8) is 0 Å². The summed E-state index contributed by atoms with van der Waals surface area (Å²) in [5.41, 5.74) is 6.46. The lowest BCUT2D eigenvalue weighted by atomic mass is 9.83. The molecule has 2 amide bonds. The summed E-state index contributed by atoms with van der Waals surface area (Å²) in [7, 11) is 0. The molecule has 1 unspecified atom stereocenters. The molecular weight excluding hydrogens is 302 g/mol. The highest BCUT2D eigenvalue weighted by Gasteiger charge is 2.22. The first-order valence-corrected chi connectivity index (χ1v) is 9.00. The number of nitrogens with one attached hydrogen (secondary N) is 2. The van der Waals surface area contributed by atoms with Crippen LogP contribution in [-0.2, 0) is 4.79 Å². The largest absolute Gasteiger partial charge is 0.351 e. The minimum Gasteiger partial charge on any atom is -0.351 e. The predicted octanol–water partition coefficient (Wildman–Crippen LogP) is 2.92. The van der Waals surface area contributed by atoms with E-state index in [1.54, 1.807) is 18.2 Å². The second-order valence-electron chi connectivity index (χ2n) is 6.72. The van der Waals surface area contributed by atoms with Gasteiger partial charge in [-0.1, -0.05) is 51.2 Å². The summed E-state index contributed by atoms with van der Waals surface area (Å²) in [6, 6.07) is 7.09. The van der Waals surface area contributed by atoms with Crippen LogP contribution in [0.2, 0.25) is 0 Å². The van der Waals surface area contributed by atoms with Gasteiger partial charge in [-0.25, -0.2) is 0 Å². The molecule has 1 fully saturated rings. The van der Waals surface area contributed by atoms with E-state index < -0.39 is 0 Å². The zero-order chi connectivity index (χ0) is 17.4. The summed E-state index contributed by atoms with van der Waals surface area (Å²) in [4.78, 5) is 24.7. The molecule has 0 radical (unpaired) electrons. The quantitative estimate of drug-likeness (QED) is 0.718. The molecule has 0 bridgehead atoms. The van der Waals surface area contributed by atoms with Gasteiger partial charge in [0.25, 0.3) is 5.91 Å². The van der Waals surface area contributed by atoms with Gasteiger partial charge in [-0.05, 0) is 24.5 Å². The lowest BCUT2D eigenvalue weighted by Crippen LogP contribution is -2.30. The molecule has 0 spiro atoms. The van der Waals surface area contributed by atoms with Crippen LogP contribution in [0.15, 0.2) is 24.3 Å². The van der Waals surface area contributed by atoms with Crippen LogP contribution in [-0.4, -0.2) is 24.9 Å². The summed E-state index contributed by atoms with van der Waals surface area (Å²) in [6.45, 7) is 2.78. The number of amides is 2. The standard InChI is InChI=1S/C19H29N3O2/c1-14(13-15-7-3-2-4-8-15)18(23)22-17-10-6-5-9-16(17)19(24)21-12-11-20/h5-6,9-10,14-15H,2-4,7-8,11-13,20H2,1H3,(H,21,24)(H,22,23). The number of anilines is 1. The van der Waals surface area contributed by atoms with Gasteiger partial charge in [-0.15, -0.1) is 0 Å². The van der Waals surface area contributed by atoms with E-state index in [9.17, 15) is 9.59 Å². The van der Waals surface area contributed by atoms with E-state index in [4.69, 9.17) is 5.73 Å². The molecular formula is C19H29N3O2. The van der Waals surface area contributed by atoms with Crippen molar-refractivity contribution in [1.29, 1.82) is 0 Å². The number of hydrogen-bond acceptors (Lipinski definition) is 3. The van der Waals surface area contributed by atoms with Crippen LogP contribution < -0.4 is 16.4 Å². The van der Waals surface area contributed by atoms with Gasteiger partial charge in [0.05, 0.1) is 11.3 Å². The summed E-state index contributed by atoms with van der Waals surface area (Å²) in [6.07, 6.45) is 7.27. The Hall–Kier alpha value is -1.88. The Bertz CT molecular complexity index is 553. The van der Waals surface area contributed by atoms with Crippen molar-refractivity contribution in [2.75, 3.05) is 18.4 Å². The summed E-state index contributed by atoms with van der Waals surface area (Å²) in [5, 5.41) is 5.67. The molecule has 0 saturated heterocycles. The number of benzene rings is 1. The van der Waals surface area contributed by atoms with Crippen LogP contribution in [0.3, 0.4) is 0 Å². The lowest BCUT2D eigenvalue weighted by molar-refractivity contribution is -0.120. The molecule has 1 aliphatic carbocycles. The Morgan fingerprint density at radius 2 is 1.92 bits per heavy atom. The van der Waals surface area contributed by atoms with Crippen molar-refractivity contribution in [2.24, 2.45) is 17.6 Å². The number of nitrogens with two attached hydrogens (primary N) is 1. The fourth-order valence-electron chi connectivity index (χ4n) is 3.36. The highest BCUT2D eigenvalue weighted by molar-refractivity contribution is 6.04. The van der Waals surface area contributed by atoms with Gasteiger partial charge in [0.2, 0.25) is 5.91 Å². The molecule has 1 atom stereocenters. The molecule has 4 N–H and O–H groups in total. The Morgan fingerprint density at radius 1 is 1.21 bits per heavy atom. The fourth-order valence-corrected chi connectivity index (χ4v) is 3.36. The smallest absolute Gasteiger partial charge is 0.253 e. The topological polar surface area (TPSA) is 84.2 Å². The molecule has 24 heavy (non-hydrogen) atoms. The van der Waals surface area contributed by atoms with Gasteiger partial charge in [0, 0.05) is 19.0 Å². The van der Waals surface area contributed by atoms with E-state index in [1.165, 1.54) is 32.1 Å². The van der Waals surface area contributed by atoms with Crippen LogP contribution >= 0.6 is 0 Å². The van der Waals surface area contributed by atoms with Gasteiger partial charge in [-0.2, -0.15) is 0 Å². The van der Waals surface area contributed by atoms with Crippen LogP contribution in [0.5, 0.6) is 0 Å². The van der Waals surface area contributed by atoms with Crippen molar-refractivity contribution >= 4 is 17.5 Å². The van der Waals surface area contributed by atoms with Gasteiger partial charge in [0.1, 0.15) is 0 Å². The Kier molecular flexibility index (Phi) is 7.25. The van der Waals surface area contributed by atoms with Crippen LogP contribution in [0.1, 0.15) is 55.8 Å². The number of hydrogen-bond donors (Lipinski definition) is 3. The predicted molar refractivity (Wildman–Crippen MR) is 96.8 cm³/mol. The molecule has 0 aromatic heterocycles. The van der Waals surface area contributed by atoms with Crippen molar-refractivity contribution in [1.82, 2.24) is 5.32 Å². The third kappa shape index (κ3) is 5.34. The maximum Gasteiger partial charge on any atom is 0.253 e. The Balaban J connectivity index is 1.96. The molecule has 0 aliphatic heterocycles. The minimum absolute atomic E-state index is 0.0142. The third-order valence-electron chi connectivity index (χ3n) is 4.72. The normalized spacial score (nSPS) is 16.4. The van der Waals surface area contributed by atoms with Gasteiger partial charge in [0.15, 0.2) is 0 Å². The number of carbonyl (C=O) groups is 2. The van der Waals surface area contributed by atoms with Crippen molar-refractivity contribution < 1.29 is 9.59 Å². The second-order valence-corrected chi connectivity index (χ2v) is 6.72. The molecule has 1 aromatic rings. The Morgan fingerprint density at radius 3 is 2.62 bits per heavy atom. The first-order chi connectivity index (χ1) is 11.6. The maximum atomic E-state index is 12.5. The molecule has 1 aromatic carbocycles. The lowest BCUT2D eigenvalue weighted by Gasteiger charge is -2.24. The van der Waals surface area contributed by atoms with E-state index in [0.717, 1.165) is 6.42 Å². The highest BCUT2D eigenvalue weighted by atomic mass is 16.2. The molecule has 1 aliphatic rings. The minimum atomic E-state index is -0.212. The highest BCUT2D eigenvalue weighted by Crippen LogP contribution is 2.29. The van der Waals surface area contributed by atoms with Crippen LogP contribution in [0.4, 0.5) is 5.69 Å². The summed E-state index contributed by atoms with van der Waals surface area (Å²) < 4.78 is 0. The molecule has 5 heteroatoms. The monoisotopic (exact) mass is 331 g/mol. The average Bonchev–Trinajstić information content (AvgIpc) is 2.61. The Labute approximate surface area is 144 Å². The number of para-hydroxylation sites is 1. The van der Waals surface area contributed by atoms with Crippen molar-refractivity contribution in [3.05, 3.63) is 29.8 Å². The first-order valence-electron chi connectivity index (χ1n) is 9.00. The summed E-state index contributed by atoms with van der Waals surface area (Å²) in [5.74, 6) is 0.381. The van der Waals surface area contributed by atoms with E-state index >= 15 is 0 Å². The first kappa shape index (κ1) is 18.5. The van der Waals surface area contributed by atoms with Gasteiger partial charge in [-0.3, -0.25) is 9.59 Å². The molecule has 2 rings (SSSR count). The zero-order valence-electron chi connectivity index (χ0n) is 14.5. The summed E-state index contributed by atoms with van der Waals surface area (Å²) >= 11 is 0. The third-order valence-corrected chi connectivity index (χ3v) is 4.72. The van der Waals surface area contributed by atoms with Gasteiger partial charge >= 0.3 is 0 Å². The van der Waals surface area contributed by atoms with Crippen molar-refractivity contribution in [2.45, 2.75) is 45.4 Å². The van der Waals surface area contributed by atoms with E-state index in [2.05, 4.69) is 10.6 Å². The molecule has 0 heterocycles. The van der Waals surface area contributed by atoms with E-state index in [0.29, 0.717) is 30.3 Å². The maximum absolute atomic E-state index is 12.5. The molecule has 1 saturated carbocycles. The van der Waals surface area contributed by atoms with Crippen LogP contribution in [0.25, 0.3) is 0 Å². The van der Waals surface area contributed by atoms with Crippen molar-refractivity contribution in [3.8, 4) is 0 Å². The van der Waals surface area contributed by atoms with Gasteiger partial charge < -0.3 is 16.4 Å². The number of rotatable bonds is 7. The zero-order valence-corrected chi connectivity index (χ0v) is 14.5. The SMILES string of the molecule is CC(CC1CCCCC1)C(=O)Nc1ccccc1C(=O)NCCN. The number of carbonyl (C=O) groups excluding carboxylic acids is 2. The molecule has 132 valence electrons. The average molecular weight is 331 g/mol. The van der Waals surface area contributed by atoms with Crippen LogP contribution in [0, 0.1) is 11.8 Å².